The van der Waals surface area contributed by atoms with Gasteiger partial charge in [-0.25, -0.2) is 0 Å². The van der Waals surface area contributed by atoms with Crippen LogP contribution in [0.1, 0.15) is 51.4 Å². The predicted molar refractivity (Wildman–Crippen MR) is 71.4 cm³/mol. The second kappa shape index (κ2) is 3.94. The maximum atomic E-state index is 6.44. The van der Waals surface area contributed by atoms with Gasteiger partial charge in [0, 0.05) is 36.9 Å². The van der Waals surface area contributed by atoms with E-state index in [0.717, 1.165) is 18.7 Å². The molecule has 102 valence electrons. The largest absolute Gasteiger partial charge is 0.360 e. The van der Waals surface area contributed by atoms with Crippen molar-refractivity contribution in [3.8, 4) is 0 Å². The summed E-state index contributed by atoms with van der Waals surface area (Å²) in [7, 11) is 2.30. The average Bonchev–Trinajstić information content (AvgIpc) is 2.90. The molecule has 2 atom stereocenters. The molecule has 4 fully saturated rings. The lowest BCUT2D eigenvalue weighted by Crippen LogP contribution is -2.64. The van der Waals surface area contributed by atoms with E-state index in [9.17, 15) is 0 Å². The molecule has 3 saturated heterocycles. The summed E-state index contributed by atoms with van der Waals surface area (Å²) in [6.45, 7) is 2.22. The number of hydrogen-bond acceptors (Lipinski definition) is 3. The zero-order valence-corrected chi connectivity index (χ0v) is 11.6. The minimum atomic E-state index is 0.0339. The number of fused-ring (bicyclic) bond motifs is 2. The Kier molecular flexibility index (Phi) is 2.56. The molecule has 0 aromatic heterocycles. The van der Waals surface area contributed by atoms with E-state index in [2.05, 4.69) is 17.3 Å². The third-order valence-corrected chi connectivity index (χ3v) is 6.22. The molecule has 3 heteroatoms. The summed E-state index contributed by atoms with van der Waals surface area (Å²) in [6, 6.07) is 1.52. The third kappa shape index (κ3) is 1.67. The molecule has 2 unspecified atom stereocenters. The summed E-state index contributed by atoms with van der Waals surface area (Å²) in [4.78, 5) is 2.59. The number of rotatable bonds is 0. The van der Waals surface area contributed by atoms with Crippen LogP contribution in [0.2, 0.25) is 0 Å². The first-order valence-corrected chi connectivity index (χ1v) is 7.81. The topological polar surface area (TPSA) is 24.5 Å². The molecule has 1 aliphatic carbocycles. The smallest absolute Gasteiger partial charge is 0.122 e. The molecule has 1 saturated carbocycles. The van der Waals surface area contributed by atoms with Crippen molar-refractivity contribution in [1.29, 1.82) is 0 Å². The van der Waals surface area contributed by atoms with Crippen LogP contribution in [0.25, 0.3) is 0 Å². The lowest BCUT2D eigenvalue weighted by Gasteiger charge is -2.51. The Hall–Kier alpha value is -0.120. The van der Waals surface area contributed by atoms with E-state index in [-0.39, 0.29) is 5.72 Å². The molecule has 0 aromatic rings. The minimum Gasteiger partial charge on any atom is -0.360 e. The second-order valence-corrected chi connectivity index (χ2v) is 7.30. The zero-order valence-electron chi connectivity index (χ0n) is 11.6. The standard InChI is InChI=1S/C15H26N2O/c1-17-12-4-5-13(17)9-15(8-12)16-10-14(11-18-15)6-2-3-7-14/h12-13,16H,2-11H2,1H3. The molecular weight excluding hydrogens is 224 g/mol. The summed E-state index contributed by atoms with van der Waals surface area (Å²) in [5.41, 5.74) is 0.528. The van der Waals surface area contributed by atoms with Crippen LogP contribution in [-0.4, -0.2) is 42.9 Å². The van der Waals surface area contributed by atoms with E-state index >= 15 is 0 Å². The van der Waals surface area contributed by atoms with Crippen molar-refractivity contribution in [3.63, 3.8) is 0 Å². The van der Waals surface area contributed by atoms with Crippen LogP contribution in [0.3, 0.4) is 0 Å². The van der Waals surface area contributed by atoms with Gasteiger partial charge in [-0.05, 0) is 32.7 Å². The summed E-state index contributed by atoms with van der Waals surface area (Å²) in [5.74, 6) is 0. The SMILES string of the molecule is CN1C2CCC1CC1(C2)NCC2(CCCC2)CO1. The summed E-state index contributed by atoms with van der Waals surface area (Å²) in [5, 5.41) is 3.84. The lowest BCUT2D eigenvalue weighted by atomic mass is 9.82. The van der Waals surface area contributed by atoms with Gasteiger partial charge in [0.15, 0.2) is 0 Å². The van der Waals surface area contributed by atoms with Gasteiger partial charge >= 0.3 is 0 Å². The highest BCUT2D eigenvalue weighted by Gasteiger charge is 2.51. The summed E-state index contributed by atoms with van der Waals surface area (Å²) in [6.07, 6.45) is 10.7. The molecule has 0 radical (unpaired) electrons. The van der Waals surface area contributed by atoms with Crippen molar-refractivity contribution in [2.24, 2.45) is 5.41 Å². The van der Waals surface area contributed by atoms with E-state index < -0.39 is 0 Å². The highest BCUT2D eigenvalue weighted by Crippen LogP contribution is 2.46. The number of hydrogen-bond donors (Lipinski definition) is 1. The fourth-order valence-electron chi connectivity index (χ4n) is 4.88. The molecule has 0 aromatic carbocycles. The molecule has 2 spiro atoms. The first kappa shape index (κ1) is 11.7. The van der Waals surface area contributed by atoms with E-state index in [0.29, 0.717) is 5.41 Å². The van der Waals surface area contributed by atoms with Crippen molar-refractivity contribution in [3.05, 3.63) is 0 Å². The summed E-state index contributed by atoms with van der Waals surface area (Å²) >= 11 is 0. The molecule has 18 heavy (non-hydrogen) atoms. The second-order valence-electron chi connectivity index (χ2n) is 7.30. The van der Waals surface area contributed by atoms with Gasteiger partial charge in [0.25, 0.3) is 0 Å². The normalized spacial score (nSPS) is 47.2. The maximum absolute atomic E-state index is 6.44. The molecule has 4 aliphatic rings. The van der Waals surface area contributed by atoms with Gasteiger partial charge in [-0.3, -0.25) is 5.32 Å². The van der Waals surface area contributed by atoms with Gasteiger partial charge in [0.1, 0.15) is 5.72 Å². The van der Waals surface area contributed by atoms with Gasteiger partial charge in [-0.2, -0.15) is 0 Å². The number of ether oxygens (including phenoxy) is 1. The van der Waals surface area contributed by atoms with Gasteiger partial charge in [0.2, 0.25) is 0 Å². The van der Waals surface area contributed by atoms with Crippen LogP contribution >= 0.6 is 0 Å². The van der Waals surface area contributed by atoms with Crippen LogP contribution in [0.15, 0.2) is 0 Å². The molecule has 2 bridgehead atoms. The first-order chi connectivity index (χ1) is 8.71. The van der Waals surface area contributed by atoms with E-state index in [4.69, 9.17) is 4.74 Å². The predicted octanol–water partition coefficient (Wildman–Crippen LogP) is 2.12. The van der Waals surface area contributed by atoms with E-state index in [1.54, 1.807) is 0 Å². The van der Waals surface area contributed by atoms with E-state index in [1.165, 1.54) is 57.9 Å². The van der Waals surface area contributed by atoms with Gasteiger partial charge in [-0.1, -0.05) is 12.8 Å². The van der Waals surface area contributed by atoms with E-state index in [1.807, 2.05) is 0 Å². The highest BCUT2D eigenvalue weighted by molar-refractivity contribution is 5.04. The molecule has 1 N–H and O–H groups in total. The molecule has 3 aliphatic heterocycles. The third-order valence-electron chi connectivity index (χ3n) is 6.22. The van der Waals surface area contributed by atoms with Crippen LogP contribution in [-0.2, 0) is 4.74 Å². The van der Waals surface area contributed by atoms with Crippen LogP contribution in [0.4, 0.5) is 0 Å². The molecule has 3 heterocycles. The van der Waals surface area contributed by atoms with Crippen LogP contribution in [0.5, 0.6) is 0 Å². The Morgan fingerprint density at radius 3 is 2.33 bits per heavy atom. The monoisotopic (exact) mass is 250 g/mol. The van der Waals surface area contributed by atoms with Crippen molar-refractivity contribution in [1.82, 2.24) is 10.2 Å². The van der Waals surface area contributed by atoms with Gasteiger partial charge in [-0.15, -0.1) is 0 Å². The van der Waals surface area contributed by atoms with Crippen LogP contribution < -0.4 is 5.32 Å². The Balaban J connectivity index is 1.47. The molecule has 4 rings (SSSR count). The maximum Gasteiger partial charge on any atom is 0.122 e. The summed E-state index contributed by atoms with van der Waals surface area (Å²) < 4.78 is 6.44. The Labute approximate surface area is 110 Å². The van der Waals surface area contributed by atoms with Crippen molar-refractivity contribution >= 4 is 0 Å². The number of nitrogens with zero attached hydrogens (tertiary/aromatic N) is 1. The molecule has 3 nitrogen and oxygen atoms in total. The van der Waals surface area contributed by atoms with Gasteiger partial charge in [0.05, 0.1) is 6.61 Å². The van der Waals surface area contributed by atoms with Crippen molar-refractivity contribution in [2.45, 2.75) is 69.2 Å². The van der Waals surface area contributed by atoms with Crippen molar-refractivity contribution in [2.75, 3.05) is 20.2 Å². The fourth-order valence-corrected chi connectivity index (χ4v) is 4.88. The zero-order chi connectivity index (χ0) is 12.2. The van der Waals surface area contributed by atoms with Crippen LogP contribution in [0, 0.1) is 5.41 Å². The number of piperidine rings is 1. The van der Waals surface area contributed by atoms with Gasteiger partial charge < -0.3 is 9.64 Å². The molecule has 0 amide bonds. The first-order valence-electron chi connectivity index (χ1n) is 7.81. The lowest BCUT2D eigenvalue weighted by molar-refractivity contribution is -0.176. The Morgan fingerprint density at radius 2 is 1.78 bits per heavy atom. The quantitative estimate of drug-likeness (QED) is 0.713. The average molecular weight is 250 g/mol. The highest BCUT2D eigenvalue weighted by atomic mass is 16.5. The molecular formula is C15H26N2O. The Bertz CT molecular complexity index is 311. The van der Waals surface area contributed by atoms with Crippen molar-refractivity contribution < 1.29 is 4.74 Å². The Morgan fingerprint density at radius 1 is 1.11 bits per heavy atom. The fraction of sp³-hybridized carbons (Fsp3) is 1.00. The number of nitrogens with one attached hydrogen (secondary N) is 1. The minimum absolute atomic E-state index is 0.0339.